The molecule has 2 heterocycles. The summed E-state index contributed by atoms with van der Waals surface area (Å²) in [4.78, 5) is 7.69. The topological polar surface area (TPSA) is 126 Å². The summed E-state index contributed by atoms with van der Waals surface area (Å²) in [6.45, 7) is 2.62. The number of para-hydroxylation sites is 2. The minimum Gasteiger partial charge on any atom is -0.371 e. The van der Waals surface area contributed by atoms with Gasteiger partial charge in [0.2, 0.25) is 0 Å². The molecule has 0 amide bonds. The Bertz CT molecular complexity index is 923. The van der Waals surface area contributed by atoms with Crippen molar-refractivity contribution >= 4 is 17.2 Å². The maximum atomic E-state index is 8.42. The smallest absolute Gasteiger partial charge is 0.142 e. The lowest BCUT2D eigenvalue weighted by molar-refractivity contribution is 0.203. The summed E-state index contributed by atoms with van der Waals surface area (Å²) in [6.07, 6.45) is 1.75. The number of hydrogen-bond donors (Lipinski definition) is 4. The van der Waals surface area contributed by atoms with Gasteiger partial charge in [-0.2, -0.15) is 0 Å². The normalized spacial score (nSPS) is 17.6. The van der Waals surface area contributed by atoms with E-state index in [0.29, 0.717) is 13.1 Å². The summed E-state index contributed by atoms with van der Waals surface area (Å²) in [6, 6.07) is 16.1. The van der Waals surface area contributed by atoms with E-state index in [2.05, 4.69) is 32.3 Å². The Labute approximate surface area is 169 Å². The van der Waals surface area contributed by atoms with Crippen LogP contribution < -0.4 is 22.0 Å². The first kappa shape index (κ1) is 19.2. The quantitative estimate of drug-likeness (QED) is 0.205. The Balaban J connectivity index is 1.45. The third-order valence-electron chi connectivity index (χ3n) is 5.45. The van der Waals surface area contributed by atoms with Crippen molar-refractivity contribution in [1.82, 2.24) is 15.9 Å². The molecule has 4 rings (SSSR count). The van der Waals surface area contributed by atoms with Crippen LogP contribution in [0.4, 0.5) is 11.4 Å². The number of aliphatic imine (C=N–C) groups is 1. The van der Waals surface area contributed by atoms with E-state index in [1.165, 1.54) is 0 Å². The average Bonchev–Trinajstić information content (AvgIpc) is 2.75. The molecule has 29 heavy (non-hydrogen) atoms. The second-order valence-corrected chi connectivity index (χ2v) is 7.40. The van der Waals surface area contributed by atoms with Crippen molar-refractivity contribution in [3.63, 3.8) is 0 Å². The Morgan fingerprint density at radius 3 is 2.62 bits per heavy atom. The molecule has 2 aromatic carbocycles. The van der Waals surface area contributed by atoms with Crippen molar-refractivity contribution < 1.29 is 0 Å². The molecule has 2 aliphatic rings. The second-order valence-electron chi connectivity index (χ2n) is 7.40. The first-order valence-corrected chi connectivity index (χ1v) is 9.72. The minimum atomic E-state index is -0.254. The third kappa shape index (κ3) is 4.33. The van der Waals surface area contributed by atoms with Gasteiger partial charge in [-0.25, -0.2) is 15.4 Å². The van der Waals surface area contributed by atoms with Gasteiger partial charge in [-0.3, -0.25) is 5.84 Å². The molecule has 150 valence electrons. The largest absolute Gasteiger partial charge is 0.371 e. The molecule has 1 saturated heterocycles. The molecule has 2 aliphatic heterocycles. The molecule has 2 aromatic rings. The first-order valence-electron chi connectivity index (χ1n) is 9.72. The highest BCUT2D eigenvalue weighted by molar-refractivity contribution is 6.00. The van der Waals surface area contributed by atoms with Crippen molar-refractivity contribution in [2.75, 3.05) is 18.4 Å². The first-order chi connectivity index (χ1) is 14.2. The highest BCUT2D eigenvalue weighted by Crippen LogP contribution is 2.37. The molecule has 0 aromatic heterocycles. The number of rotatable bonds is 5. The molecule has 9 nitrogen and oxygen atoms in total. The number of benzene rings is 2. The van der Waals surface area contributed by atoms with Gasteiger partial charge in [-0.15, -0.1) is 0 Å². The molecule has 1 spiro atoms. The molecule has 0 bridgehead atoms. The monoisotopic (exact) mass is 391 g/mol. The van der Waals surface area contributed by atoms with E-state index in [9.17, 15) is 0 Å². The maximum absolute atomic E-state index is 8.42. The number of nitrogens with one attached hydrogen (secondary N) is 3. The molecule has 5 N–H and O–H groups in total. The van der Waals surface area contributed by atoms with Crippen LogP contribution in [0.2, 0.25) is 0 Å². The lowest BCUT2D eigenvalue weighted by Crippen LogP contribution is -2.62. The summed E-state index contributed by atoms with van der Waals surface area (Å²) in [7, 11) is 0. The predicted octanol–water partition coefficient (Wildman–Crippen LogP) is 2.96. The minimum absolute atomic E-state index is 0.254. The molecule has 0 atom stereocenters. The van der Waals surface area contributed by atoms with Crippen LogP contribution in [0.3, 0.4) is 0 Å². The van der Waals surface area contributed by atoms with Crippen LogP contribution in [0.1, 0.15) is 24.0 Å². The van der Waals surface area contributed by atoms with Crippen LogP contribution in [0.5, 0.6) is 0 Å². The Hall–Kier alpha value is -3.10. The third-order valence-corrected chi connectivity index (χ3v) is 5.45. The number of piperidine rings is 1. The second kappa shape index (κ2) is 8.50. The van der Waals surface area contributed by atoms with E-state index in [0.717, 1.165) is 54.3 Å². The summed E-state index contributed by atoms with van der Waals surface area (Å²) >= 11 is 0. The van der Waals surface area contributed by atoms with E-state index in [1.54, 1.807) is 0 Å². The molecule has 0 aliphatic carbocycles. The number of azide groups is 1. The average molecular weight is 391 g/mol. The SMILES string of the molecule is [N-]=[N+]=NCc1ccc(CNNC2=Nc3ccccc3NC23CCN(N)CC3)cc1. The zero-order chi connectivity index (χ0) is 20.1. The Morgan fingerprint density at radius 2 is 1.86 bits per heavy atom. The van der Waals surface area contributed by atoms with E-state index in [-0.39, 0.29) is 5.54 Å². The van der Waals surface area contributed by atoms with Crippen LogP contribution in [-0.2, 0) is 13.1 Å². The molecular formula is C20H25N9. The fraction of sp³-hybridized carbons (Fsp3) is 0.350. The number of hydrazine groups is 2. The van der Waals surface area contributed by atoms with Gasteiger partial charge in [0.05, 0.1) is 23.5 Å². The Morgan fingerprint density at radius 1 is 1.14 bits per heavy atom. The van der Waals surface area contributed by atoms with Gasteiger partial charge < -0.3 is 10.7 Å². The molecule has 9 heteroatoms. The van der Waals surface area contributed by atoms with Crippen LogP contribution in [-0.4, -0.2) is 29.5 Å². The summed E-state index contributed by atoms with van der Waals surface area (Å²) in [5, 5.41) is 9.15. The fourth-order valence-electron chi connectivity index (χ4n) is 3.74. The number of nitrogens with zero attached hydrogens (tertiary/aromatic N) is 5. The molecular weight excluding hydrogens is 366 g/mol. The van der Waals surface area contributed by atoms with E-state index < -0.39 is 0 Å². The fourth-order valence-corrected chi connectivity index (χ4v) is 3.74. The number of nitrogens with two attached hydrogens (primary N) is 1. The molecule has 0 unspecified atom stereocenters. The number of amidine groups is 1. The maximum Gasteiger partial charge on any atom is 0.142 e. The molecule has 1 fully saturated rings. The van der Waals surface area contributed by atoms with Gasteiger partial charge in [0.25, 0.3) is 0 Å². The molecule has 0 radical (unpaired) electrons. The van der Waals surface area contributed by atoms with Gasteiger partial charge >= 0.3 is 0 Å². The van der Waals surface area contributed by atoms with Gasteiger partial charge in [0.1, 0.15) is 5.84 Å². The van der Waals surface area contributed by atoms with Crippen molar-refractivity contribution in [3.8, 4) is 0 Å². The number of hydrogen-bond acceptors (Lipinski definition) is 7. The van der Waals surface area contributed by atoms with E-state index >= 15 is 0 Å². The highest BCUT2D eigenvalue weighted by Gasteiger charge is 2.41. The van der Waals surface area contributed by atoms with Gasteiger partial charge in [0, 0.05) is 24.5 Å². The standard InChI is InChI=1S/C20H25N9/c21-28-24-14-16-7-5-15(6-8-16)13-23-27-19-20(9-11-29(22)12-10-20)26-18-4-2-1-3-17(18)25-19/h1-8,23,26H,9-14,22H2,(H,25,27). The predicted molar refractivity (Wildman–Crippen MR) is 114 cm³/mol. The van der Waals surface area contributed by atoms with Gasteiger partial charge in [-0.1, -0.05) is 41.5 Å². The zero-order valence-electron chi connectivity index (χ0n) is 16.2. The summed E-state index contributed by atoms with van der Waals surface area (Å²) < 4.78 is 0. The molecule has 0 saturated carbocycles. The lowest BCUT2D eigenvalue weighted by atomic mass is 9.85. The summed E-state index contributed by atoms with van der Waals surface area (Å²) in [5.74, 6) is 6.88. The van der Waals surface area contributed by atoms with Crippen LogP contribution in [0.15, 0.2) is 58.6 Å². The van der Waals surface area contributed by atoms with Crippen molar-refractivity contribution in [1.29, 1.82) is 0 Å². The lowest BCUT2D eigenvalue weighted by Gasteiger charge is -2.44. The number of anilines is 1. The number of fused-ring (bicyclic) bond motifs is 1. The van der Waals surface area contributed by atoms with Crippen molar-refractivity contribution in [2.45, 2.75) is 31.5 Å². The summed E-state index contributed by atoms with van der Waals surface area (Å²) in [5.41, 5.74) is 18.9. The van der Waals surface area contributed by atoms with Crippen LogP contribution in [0.25, 0.3) is 10.4 Å². The Kier molecular flexibility index (Phi) is 5.64. The zero-order valence-corrected chi connectivity index (χ0v) is 16.2. The van der Waals surface area contributed by atoms with E-state index in [1.807, 2.05) is 47.5 Å². The van der Waals surface area contributed by atoms with E-state index in [4.69, 9.17) is 16.4 Å². The van der Waals surface area contributed by atoms with Crippen LogP contribution >= 0.6 is 0 Å². The van der Waals surface area contributed by atoms with Gasteiger partial charge in [-0.05, 0) is 41.6 Å². The van der Waals surface area contributed by atoms with Crippen molar-refractivity contribution in [2.24, 2.45) is 15.9 Å². The van der Waals surface area contributed by atoms with Crippen molar-refractivity contribution in [3.05, 3.63) is 70.1 Å². The highest BCUT2D eigenvalue weighted by atomic mass is 15.4. The van der Waals surface area contributed by atoms with Crippen LogP contribution in [0, 0.1) is 0 Å². The van der Waals surface area contributed by atoms with Gasteiger partial charge in [0.15, 0.2) is 0 Å².